The first-order valence-corrected chi connectivity index (χ1v) is 14.6. The molecule has 2 heterocycles. The minimum absolute atomic E-state index is 0.00223. The summed E-state index contributed by atoms with van der Waals surface area (Å²) >= 11 is 12.4. The number of piperidine rings is 1. The lowest BCUT2D eigenvalue weighted by molar-refractivity contribution is 0.0709. The molecule has 1 unspecified atom stereocenters. The van der Waals surface area contributed by atoms with E-state index < -0.39 is 0 Å². The lowest BCUT2D eigenvalue weighted by atomic mass is 10.00. The molecule has 3 aromatic carbocycles. The number of carbonyl (C=O) groups excluding carboxylic acids is 2. The number of anilines is 2. The van der Waals surface area contributed by atoms with Gasteiger partial charge < -0.3 is 20.4 Å². The predicted molar refractivity (Wildman–Crippen MR) is 165 cm³/mol. The Bertz CT molecular complexity index is 1600. The van der Waals surface area contributed by atoms with Crippen LogP contribution < -0.4 is 15.5 Å². The van der Waals surface area contributed by atoms with Gasteiger partial charge in [0.15, 0.2) is 0 Å². The maximum absolute atomic E-state index is 13.6. The van der Waals surface area contributed by atoms with Crippen LogP contribution in [0.2, 0.25) is 10.0 Å². The van der Waals surface area contributed by atoms with E-state index in [9.17, 15) is 9.59 Å². The third kappa shape index (κ3) is 5.69. The van der Waals surface area contributed by atoms with E-state index in [2.05, 4.69) is 38.7 Å². The van der Waals surface area contributed by atoms with Crippen LogP contribution in [-0.2, 0) is 6.42 Å². The number of hydrogen-bond donors (Lipinski definition) is 2. The monoisotopic (exact) mass is 587 g/mol. The predicted octanol–water partition coefficient (Wildman–Crippen LogP) is 7.09. The Morgan fingerprint density at radius 1 is 0.951 bits per heavy atom. The number of aryl methyl sites for hydroxylation is 1. The van der Waals surface area contributed by atoms with Gasteiger partial charge >= 0.3 is 6.03 Å². The maximum atomic E-state index is 13.6. The van der Waals surface area contributed by atoms with E-state index in [1.807, 2.05) is 48.6 Å². The van der Waals surface area contributed by atoms with Crippen molar-refractivity contribution in [3.63, 3.8) is 0 Å². The average Bonchev–Trinajstić information content (AvgIpc) is 3.39. The van der Waals surface area contributed by atoms with Crippen LogP contribution in [0.4, 0.5) is 16.2 Å². The Kier molecular flexibility index (Phi) is 7.73. The van der Waals surface area contributed by atoms with Crippen molar-refractivity contribution in [2.24, 2.45) is 0 Å². The van der Waals surface area contributed by atoms with Gasteiger partial charge in [-0.2, -0.15) is 0 Å². The van der Waals surface area contributed by atoms with Crippen LogP contribution in [0.15, 0.2) is 73.1 Å². The molecule has 0 radical (unpaired) electrons. The van der Waals surface area contributed by atoms with Gasteiger partial charge in [0.1, 0.15) is 0 Å². The number of nitrogens with zero attached hydrogens (tertiary/aromatic N) is 3. The molecule has 1 aromatic heterocycles. The van der Waals surface area contributed by atoms with E-state index in [0.29, 0.717) is 21.3 Å². The normalized spacial score (nSPS) is 16.9. The highest BCUT2D eigenvalue weighted by atomic mass is 35.5. The maximum Gasteiger partial charge on any atom is 0.319 e. The molecule has 210 valence electrons. The summed E-state index contributed by atoms with van der Waals surface area (Å²) in [7, 11) is 1.90. The number of carbonyl (C=O) groups is 2. The zero-order valence-corrected chi connectivity index (χ0v) is 24.3. The second-order valence-electron chi connectivity index (χ2n) is 10.7. The number of benzene rings is 3. The van der Waals surface area contributed by atoms with Crippen molar-refractivity contribution in [3.8, 4) is 0 Å². The van der Waals surface area contributed by atoms with Crippen LogP contribution in [-0.4, -0.2) is 48.0 Å². The largest absolute Gasteiger partial charge is 0.371 e. The molecule has 1 saturated heterocycles. The van der Waals surface area contributed by atoms with Crippen LogP contribution >= 0.6 is 23.2 Å². The fourth-order valence-corrected chi connectivity index (χ4v) is 6.45. The molecule has 1 aliphatic heterocycles. The van der Waals surface area contributed by atoms with Gasteiger partial charge in [0, 0.05) is 55.2 Å². The highest BCUT2D eigenvalue weighted by Gasteiger charge is 2.29. The fraction of sp³-hybridized carbons (Fsp3) is 0.281. The van der Waals surface area contributed by atoms with Crippen LogP contribution in [0.1, 0.15) is 46.8 Å². The fourth-order valence-electron chi connectivity index (χ4n) is 5.96. The quantitative estimate of drug-likeness (QED) is 0.261. The van der Waals surface area contributed by atoms with E-state index in [4.69, 9.17) is 23.2 Å². The summed E-state index contributed by atoms with van der Waals surface area (Å²) in [6.07, 6.45) is 7.10. The van der Waals surface area contributed by atoms with Gasteiger partial charge in [-0.1, -0.05) is 41.4 Å². The lowest BCUT2D eigenvalue weighted by Crippen LogP contribution is -2.45. The minimum Gasteiger partial charge on any atom is -0.371 e. The molecule has 41 heavy (non-hydrogen) atoms. The lowest BCUT2D eigenvalue weighted by Gasteiger charge is -2.38. The van der Waals surface area contributed by atoms with Crippen LogP contribution in [0.3, 0.4) is 0 Å². The number of halogens is 2. The molecule has 2 aliphatic rings. The molecule has 0 saturated carbocycles. The summed E-state index contributed by atoms with van der Waals surface area (Å²) in [4.78, 5) is 34.8. The third-order valence-electron chi connectivity index (χ3n) is 8.30. The summed E-state index contributed by atoms with van der Waals surface area (Å²) in [5, 5.41) is 8.85. The molecule has 7 nitrogen and oxygen atoms in total. The topological polar surface area (TPSA) is 77.6 Å². The van der Waals surface area contributed by atoms with Crippen LogP contribution in [0.25, 0.3) is 10.8 Å². The molecule has 4 aromatic rings. The molecule has 2 N–H and O–H groups in total. The standard InChI is InChI=1S/C32H31Cl2N5O2/c1-38(24-12-15-39(16-13-24)25-9-7-23-19-35-14-11-21(23)17-25)31(40)22-6-5-20-8-10-29(26(20)18-22)36-32(41)37-30-27(33)3-2-4-28(30)34/h2-7,9,11,14,17-19,24,29H,8,10,12-13,15-16H2,1H3,(H2,36,37,41). The number of amides is 3. The first-order chi connectivity index (χ1) is 19.9. The number of para-hydroxylation sites is 1. The van der Waals surface area contributed by atoms with Gasteiger partial charge in [0.25, 0.3) is 5.91 Å². The Labute approximate surface area is 249 Å². The molecule has 1 aliphatic carbocycles. The molecule has 0 bridgehead atoms. The van der Waals surface area contributed by atoms with Crippen LogP contribution in [0, 0.1) is 0 Å². The first-order valence-electron chi connectivity index (χ1n) is 13.9. The summed E-state index contributed by atoms with van der Waals surface area (Å²) in [5.41, 5.74) is 4.34. The molecular formula is C32H31Cl2N5O2. The molecule has 0 spiro atoms. The zero-order chi connectivity index (χ0) is 28.5. The van der Waals surface area contributed by atoms with Gasteiger partial charge in [0.2, 0.25) is 0 Å². The van der Waals surface area contributed by atoms with Crippen LogP contribution in [0.5, 0.6) is 0 Å². The van der Waals surface area contributed by atoms with Gasteiger partial charge in [-0.05, 0) is 84.7 Å². The Hall–Kier alpha value is -3.81. The molecule has 6 rings (SSSR count). The number of hydrogen-bond acceptors (Lipinski definition) is 4. The number of fused-ring (bicyclic) bond motifs is 2. The molecule has 1 fully saturated rings. The van der Waals surface area contributed by atoms with Crippen molar-refractivity contribution < 1.29 is 9.59 Å². The van der Waals surface area contributed by atoms with Gasteiger partial charge in [-0.15, -0.1) is 0 Å². The smallest absolute Gasteiger partial charge is 0.319 e. The Morgan fingerprint density at radius 2 is 1.73 bits per heavy atom. The Balaban J connectivity index is 1.09. The van der Waals surface area contributed by atoms with Gasteiger partial charge in [0.05, 0.1) is 21.8 Å². The van der Waals surface area contributed by atoms with Crippen molar-refractivity contribution in [2.75, 3.05) is 30.4 Å². The molecule has 3 amide bonds. The zero-order valence-electron chi connectivity index (χ0n) is 22.7. The van der Waals surface area contributed by atoms with Crippen molar-refractivity contribution in [1.82, 2.24) is 15.2 Å². The number of pyridine rings is 1. The molecule has 9 heteroatoms. The van der Waals surface area contributed by atoms with Crippen molar-refractivity contribution in [3.05, 3.63) is 99.8 Å². The van der Waals surface area contributed by atoms with E-state index in [-0.39, 0.29) is 24.0 Å². The molecule has 1 atom stereocenters. The highest BCUT2D eigenvalue weighted by molar-refractivity contribution is 6.39. The number of nitrogens with one attached hydrogen (secondary N) is 2. The summed E-state index contributed by atoms with van der Waals surface area (Å²) in [6.45, 7) is 1.78. The number of urea groups is 1. The Morgan fingerprint density at radius 3 is 2.51 bits per heavy atom. The second-order valence-corrected chi connectivity index (χ2v) is 11.6. The second kappa shape index (κ2) is 11.6. The first kappa shape index (κ1) is 27.4. The number of rotatable bonds is 5. The van der Waals surface area contributed by atoms with Crippen molar-refractivity contribution in [1.29, 1.82) is 0 Å². The summed E-state index contributed by atoms with van der Waals surface area (Å²) < 4.78 is 0. The van der Waals surface area contributed by atoms with E-state index in [1.54, 1.807) is 18.2 Å². The summed E-state index contributed by atoms with van der Waals surface area (Å²) in [6, 6.07) is 19.0. The SMILES string of the molecule is CN(C(=O)c1ccc2c(c1)C(NC(=O)Nc1c(Cl)cccc1Cl)CC2)C1CCN(c2ccc3cnccc3c2)CC1. The number of aromatic nitrogens is 1. The van der Waals surface area contributed by atoms with Gasteiger partial charge in [-0.3, -0.25) is 9.78 Å². The third-order valence-corrected chi connectivity index (χ3v) is 8.93. The van der Waals surface area contributed by atoms with E-state index in [1.165, 1.54) is 11.1 Å². The van der Waals surface area contributed by atoms with E-state index >= 15 is 0 Å². The van der Waals surface area contributed by atoms with E-state index in [0.717, 1.165) is 55.3 Å². The van der Waals surface area contributed by atoms with Crippen molar-refractivity contribution in [2.45, 2.75) is 37.8 Å². The minimum atomic E-state index is -0.387. The van der Waals surface area contributed by atoms with Gasteiger partial charge in [-0.25, -0.2) is 4.79 Å². The highest BCUT2D eigenvalue weighted by Crippen LogP contribution is 2.34. The van der Waals surface area contributed by atoms with Crippen molar-refractivity contribution >= 4 is 57.3 Å². The molecular weight excluding hydrogens is 557 g/mol. The summed E-state index contributed by atoms with van der Waals surface area (Å²) in [5.74, 6) is 0.00223. The average molecular weight is 589 g/mol.